The third-order valence-electron chi connectivity index (χ3n) is 3.20. The van der Waals surface area contributed by atoms with Crippen molar-refractivity contribution in [1.82, 2.24) is 5.32 Å². The Hall–Kier alpha value is -0.470. The Morgan fingerprint density at radius 1 is 1.20 bits per heavy atom. The fraction of sp³-hybridized carbons (Fsp3) is 0.538. The van der Waals surface area contributed by atoms with Gasteiger partial charge >= 0.3 is 0 Å². The number of rotatable bonds is 2. The molecule has 80 valence electrons. The Kier molecular flexibility index (Phi) is 2.72. The van der Waals surface area contributed by atoms with E-state index in [1.54, 1.807) is 5.56 Å². The molecule has 1 atom stereocenters. The molecule has 1 unspecified atom stereocenters. The molecule has 0 radical (unpaired) electrons. The molecule has 0 aromatic heterocycles. The van der Waals surface area contributed by atoms with Gasteiger partial charge in [0.1, 0.15) is 0 Å². The first-order chi connectivity index (χ1) is 7.43. The van der Waals surface area contributed by atoms with Crippen molar-refractivity contribution in [2.75, 3.05) is 12.3 Å². The van der Waals surface area contributed by atoms with E-state index in [9.17, 15) is 0 Å². The van der Waals surface area contributed by atoms with Crippen LogP contribution in [-0.2, 0) is 0 Å². The summed E-state index contributed by atoms with van der Waals surface area (Å²) in [7, 11) is 0. The molecule has 0 spiro atoms. The van der Waals surface area contributed by atoms with Gasteiger partial charge in [-0.3, -0.25) is 0 Å². The zero-order valence-corrected chi connectivity index (χ0v) is 9.72. The second-order valence-corrected chi connectivity index (χ2v) is 5.72. The first-order valence-electron chi connectivity index (χ1n) is 5.88. The van der Waals surface area contributed by atoms with E-state index in [2.05, 4.69) is 29.6 Å². The summed E-state index contributed by atoms with van der Waals surface area (Å²) in [4.78, 5) is 0. The molecule has 2 heteroatoms. The van der Waals surface area contributed by atoms with Gasteiger partial charge in [-0.05, 0) is 48.6 Å². The summed E-state index contributed by atoms with van der Waals surface area (Å²) in [5, 5.41) is 4.12. The van der Waals surface area contributed by atoms with Gasteiger partial charge in [0, 0.05) is 0 Å². The van der Waals surface area contributed by atoms with Crippen LogP contribution in [0, 0.1) is 0 Å². The average Bonchev–Trinajstić information content (AvgIpc) is 3.14. The number of hydrogen-bond acceptors (Lipinski definition) is 2. The molecule has 1 saturated carbocycles. The van der Waals surface area contributed by atoms with Crippen LogP contribution >= 0.6 is 11.8 Å². The van der Waals surface area contributed by atoms with E-state index < -0.39 is 0 Å². The zero-order chi connectivity index (χ0) is 10.1. The van der Waals surface area contributed by atoms with E-state index in [-0.39, 0.29) is 0 Å². The molecular formula is C13H17NS. The van der Waals surface area contributed by atoms with E-state index in [4.69, 9.17) is 0 Å². The summed E-state index contributed by atoms with van der Waals surface area (Å²) in [6, 6.07) is 9.18. The van der Waals surface area contributed by atoms with Crippen molar-refractivity contribution in [3.8, 4) is 0 Å². The van der Waals surface area contributed by atoms with Crippen molar-refractivity contribution < 1.29 is 0 Å². The second kappa shape index (κ2) is 4.18. The van der Waals surface area contributed by atoms with Gasteiger partial charge in [0.05, 0.1) is 5.37 Å². The van der Waals surface area contributed by atoms with Crippen LogP contribution in [0.2, 0.25) is 0 Å². The number of hydrogen-bond donors (Lipinski definition) is 1. The van der Waals surface area contributed by atoms with Crippen molar-refractivity contribution >= 4 is 11.8 Å². The van der Waals surface area contributed by atoms with Gasteiger partial charge in [-0.2, -0.15) is 0 Å². The minimum atomic E-state index is 0.539. The van der Waals surface area contributed by atoms with E-state index in [1.165, 1.54) is 37.1 Å². The van der Waals surface area contributed by atoms with Crippen LogP contribution in [-0.4, -0.2) is 12.3 Å². The highest BCUT2D eigenvalue weighted by atomic mass is 32.2. The number of benzene rings is 1. The van der Waals surface area contributed by atoms with E-state index in [0.717, 1.165) is 5.92 Å². The third-order valence-corrected chi connectivity index (χ3v) is 4.49. The highest BCUT2D eigenvalue weighted by molar-refractivity contribution is 7.99. The molecule has 15 heavy (non-hydrogen) atoms. The first kappa shape index (κ1) is 9.73. The maximum Gasteiger partial charge on any atom is 0.0789 e. The van der Waals surface area contributed by atoms with Gasteiger partial charge in [0.2, 0.25) is 0 Å². The summed E-state index contributed by atoms with van der Waals surface area (Å²) in [6.45, 7) is 1.17. The Morgan fingerprint density at radius 2 is 2.07 bits per heavy atom. The van der Waals surface area contributed by atoms with Crippen molar-refractivity contribution in [3.05, 3.63) is 35.4 Å². The van der Waals surface area contributed by atoms with Crippen LogP contribution in [0.1, 0.15) is 41.7 Å². The Morgan fingerprint density at radius 3 is 2.80 bits per heavy atom. The lowest BCUT2D eigenvalue weighted by molar-refractivity contribution is 0.642. The minimum Gasteiger partial charge on any atom is -0.302 e. The molecule has 2 aliphatic rings. The molecule has 1 aromatic carbocycles. The summed E-state index contributed by atoms with van der Waals surface area (Å²) in [6.07, 6.45) is 4.10. The van der Waals surface area contributed by atoms with E-state index in [1.807, 2.05) is 11.8 Å². The van der Waals surface area contributed by atoms with Gasteiger partial charge in [-0.15, -0.1) is 11.8 Å². The summed E-state index contributed by atoms with van der Waals surface area (Å²) in [5.74, 6) is 2.17. The van der Waals surface area contributed by atoms with Gasteiger partial charge in [-0.25, -0.2) is 0 Å². The van der Waals surface area contributed by atoms with Crippen LogP contribution in [0.3, 0.4) is 0 Å². The van der Waals surface area contributed by atoms with Crippen LogP contribution in [0.25, 0.3) is 0 Å². The molecule has 1 saturated heterocycles. The van der Waals surface area contributed by atoms with Crippen LogP contribution < -0.4 is 5.32 Å². The Labute approximate surface area is 95.6 Å². The standard InChI is InChI=1S/C13H17NS/c1-3-11(10-5-6-10)9-12(4-1)13-14-7-2-8-15-13/h1,3-4,9-10,13-14H,2,5-8H2. The lowest BCUT2D eigenvalue weighted by Crippen LogP contribution is -2.25. The zero-order valence-electron chi connectivity index (χ0n) is 8.91. The number of thioether (sulfide) groups is 1. The molecule has 1 aliphatic carbocycles. The predicted molar refractivity (Wildman–Crippen MR) is 66.2 cm³/mol. The quantitative estimate of drug-likeness (QED) is 0.819. The van der Waals surface area contributed by atoms with Crippen LogP contribution in [0.15, 0.2) is 24.3 Å². The third kappa shape index (κ3) is 2.21. The molecule has 0 bridgehead atoms. The molecule has 1 N–H and O–H groups in total. The predicted octanol–water partition coefficient (Wildman–Crippen LogP) is 3.29. The molecule has 1 aromatic rings. The maximum absolute atomic E-state index is 3.58. The highest BCUT2D eigenvalue weighted by Crippen LogP contribution is 2.41. The van der Waals surface area contributed by atoms with Crippen LogP contribution in [0.4, 0.5) is 0 Å². The maximum atomic E-state index is 3.58. The average molecular weight is 219 g/mol. The van der Waals surface area contributed by atoms with Gasteiger partial charge in [0.25, 0.3) is 0 Å². The summed E-state index contributed by atoms with van der Waals surface area (Å²) >= 11 is 2.05. The van der Waals surface area contributed by atoms with Crippen molar-refractivity contribution in [2.45, 2.75) is 30.6 Å². The Bertz CT molecular complexity index is 340. The molecule has 2 fully saturated rings. The number of nitrogens with one attached hydrogen (secondary N) is 1. The van der Waals surface area contributed by atoms with E-state index in [0.29, 0.717) is 5.37 Å². The van der Waals surface area contributed by atoms with Crippen molar-refractivity contribution in [1.29, 1.82) is 0 Å². The van der Waals surface area contributed by atoms with Crippen molar-refractivity contribution in [2.24, 2.45) is 0 Å². The Balaban J connectivity index is 1.80. The molecule has 1 heterocycles. The first-order valence-corrected chi connectivity index (χ1v) is 6.93. The molecule has 1 aliphatic heterocycles. The van der Waals surface area contributed by atoms with Gasteiger partial charge in [0.15, 0.2) is 0 Å². The molecule has 0 amide bonds. The summed E-state index contributed by atoms with van der Waals surface area (Å²) < 4.78 is 0. The monoisotopic (exact) mass is 219 g/mol. The normalized spacial score (nSPS) is 26.5. The SMILES string of the molecule is c1cc(C2CC2)cc(C2NCCCS2)c1. The largest absolute Gasteiger partial charge is 0.302 e. The highest BCUT2D eigenvalue weighted by Gasteiger charge is 2.24. The second-order valence-electron chi connectivity index (χ2n) is 4.50. The van der Waals surface area contributed by atoms with Crippen molar-refractivity contribution in [3.63, 3.8) is 0 Å². The lowest BCUT2D eigenvalue weighted by Gasteiger charge is -2.23. The smallest absolute Gasteiger partial charge is 0.0789 e. The fourth-order valence-electron chi connectivity index (χ4n) is 2.17. The molecule has 3 rings (SSSR count). The fourth-order valence-corrected chi connectivity index (χ4v) is 3.29. The minimum absolute atomic E-state index is 0.539. The molecule has 1 nitrogen and oxygen atoms in total. The van der Waals surface area contributed by atoms with Crippen LogP contribution in [0.5, 0.6) is 0 Å². The lowest BCUT2D eigenvalue weighted by atomic mass is 10.1. The topological polar surface area (TPSA) is 12.0 Å². The molecular weight excluding hydrogens is 202 g/mol. The van der Waals surface area contributed by atoms with E-state index >= 15 is 0 Å². The van der Waals surface area contributed by atoms with Gasteiger partial charge < -0.3 is 5.32 Å². The van der Waals surface area contributed by atoms with Gasteiger partial charge in [-0.1, -0.05) is 24.3 Å². The summed E-state index contributed by atoms with van der Waals surface area (Å²) in [5.41, 5.74) is 3.03.